The highest BCUT2D eigenvalue weighted by Crippen LogP contribution is 2.47. The van der Waals surface area contributed by atoms with Crippen molar-refractivity contribution in [3.05, 3.63) is 158 Å². The van der Waals surface area contributed by atoms with Gasteiger partial charge < -0.3 is 4.74 Å². The van der Waals surface area contributed by atoms with E-state index >= 15 is 0 Å². The second kappa shape index (κ2) is 9.65. The van der Waals surface area contributed by atoms with E-state index in [0.29, 0.717) is 0 Å². The lowest BCUT2D eigenvalue weighted by molar-refractivity contribution is 0.476. The molecule has 0 saturated heterocycles. The van der Waals surface area contributed by atoms with E-state index in [1.165, 1.54) is 54.6 Å². The molecule has 8 aromatic carbocycles. The van der Waals surface area contributed by atoms with E-state index in [1.54, 1.807) is 0 Å². The highest BCUT2D eigenvalue weighted by atomic mass is 16.5. The maximum Gasteiger partial charge on any atom is 0.153 e. The maximum absolute atomic E-state index is 6.33. The number of imidazole rings is 1. The summed E-state index contributed by atoms with van der Waals surface area (Å²) in [7, 11) is 0. The molecule has 214 valence electrons. The van der Waals surface area contributed by atoms with Crippen LogP contribution in [0.5, 0.6) is 11.5 Å². The van der Waals surface area contributed by atoms with Crippen molar-refractivity contribution in [2.45, 2.75) is 0 Å². The number of para-hydroxylation sites is 3. The van der Waals surface area contributed by atoms with Crippen molar-refractivity contribution in [3.8, 4) is 50.8 Å². The van der Waals surface area contributed by atoms with Gasteiger partial charge in [-0.2, -0.15) is 0 Å². The van der Waals surface area contributed by atoms with Crippen LogP contribution >= 0.6 is 0 Å². The molecule has 0 bridgehead atoms. The molecule has 0 saturated carbocycles. The first-order chi connectivity index (χ1) is 22.8. The minimum Gasteiger partial charge on any atom is -0.453 e. The van der Waals surface area contributed by atoms with Crippen LogP contribution in [-0.2, 0) is 0 Å². The molecule has 0 atom stereocenters. The third-order valence-corrected chi connectivity index (χ3v) is 9.35. The summed E-state index contributed by atoms with van der Waals surface area (Å²) in [6, 6.07) is 56.2. The van der Waals surface area contributed by atoms with E-state index in [-0.39, 0.29) is 0 Å². The average Bonchev–Trinajstić information content (AvgIpc) is 3.52. The van der Waals surface area contributed by atoms with Crippen molar-refractivity contribution < 1.29 is 4.74 Å². The Kier molecular flexibility index (Phi) is 5.28. The lowest BCUT2D eigenvalue weighted by Crippen LogP contribution is -2.05. The van der Waals surface area contributed by atoms with Gasteiger partial charge in [-0.05, 0) is 91.0 Å². The Morgan fingerprint density at radius 3 is 1.98 bits per heavy atom. The van der Waals surface area contributed by atoms with E-state index in [1.807, 2.05) is 24.3 Å². The van der Waals surface area contributed by atoms with Crippen LogP contribution in [0.1, 0.15) is 0 Å². The molecule has 10 rings (SSSR count). The van der Waals surface area contributed by atoms with Gasteiger partial charge in [0.25, 0.3) is 0 Å². The number of ether oxygens (including phenoxy) is 1. The Morgan fingerprint density at radius 1 is 0.435 bits per heavy atom. The van der Waals surface area contributed by atoms with Crippen LogP contribution in [0.25, 0.3) is 82.7 Å². The molecule has 0 amide bonds. The number of nitrogens with zero attached hydrogens (tertiary/aromatic N) is 2. The van der Waals surface area contributed by atoms with E-state index in [9.17, 15) is 0 Å². The third kappa shape index (κ3) is 3.63. The van der Waals surface area contributed by atoms with Crippen LogP contribution in [0, 0.1) is 0 Å². The Balaban J connectivity index is 1.34. The summed E-state index contributed by atoms with van der Waals surface area (Å²) in [4.78, 5) is 5.23. The molecule has 0 radical (unpaired) electrons. The van der Waals surface area contributed by atoms with Gasteiger partial charge >= 0.3 is 0 Å². The number of aromatic nitrogens is 2. The Labute approximate surface area is 265 Å². The smallest absolute Gasteiger partial charge is 0.153 e. The van der Waals surface area contributed by atoms with Crippen molar-refractivity contribution >= 4 is 43.4 Å². The zero-order valence-corrected chi connectivity index (χ0v) is 24.8. The Morgan fingerprint density at radius 2 is 1.11 bits per heavy atom. The monoisotopic (exact) mass is 586 g/mol. The highest BCUT2D eigenvalue weighted by Gasteiger charge is 2.25. The second-order valence-corrected chi connectivity index (χ2v) is 11.9. The zero-order valence-electron chi connectivity index (χ0n) is 24.8. The Bertz CT molecular complexity index is 2670. The molecule has 0 spiro atoms. The summed E-state index contributed by atoms with van der Waals surface area (Å²) in [6.45, 7) is 0. The van der Waals surface area contributed by atoms with Crippen molar-refractivity contribution in [2.75, 3.05) is 0 Å². The van der Waals surface area contributed by atoms with Crippen LogP contribution < -0.4 is 4.74 Å². The largest absolute Gasteiger partial charge is 0.453 e. The zero-order chi connectivity index (χ0) is 30.2. The Hall–Kier alpha value is -6.19. The molecule has 1 aliphatic rings. The van der Waals surface area contributed by atoms with Gasteiger partial charge in [0, 0.05) is 5.56 Å². The molecule has 0 aliphatic carbocycles. The van der Waals surface area contributed by atoms with Crippen molar-refractivity contribution in [2.24, 2.45) is 0 Å². The maximum atomic E-state index is 6.33. The average molecular weight is 587 g/mol. The van der Waals surface area contributed by atoms with E-state index < -0.39 is 0 Å². The van der Waals surface area contributed by atoms with Crippen molar-refractivity contribution in [1.29, 1.82) is 0 Å². The summed E-state index contributed by atoms with van der Waals surface area (Å²) >= 11 is 0. The van der Waals surface area contributed by atoms with Gasteiger partial charge in [0.15, 0.2) is 11.5 Å². The van der Waals surface area contributed by atoms with Gasteiger partial charge in [0.05, 0.1) is 11.2 Å². The first-order valence-corrected chi connectivity index (χ1v) is 15.6. The summed E-state index contributed by atoms with van der Waals surface area (Å²) < 4.78 is 8.60. The van der Waals surface area contributed by atoms with Gasteiger partial charge in [-0.3, -0.25) is 4.57 Å². The fourth-order valence-electron chi connectivity index (χ4n) is 7.34. The second-order valence-electron chi connectivity index (χ2n) is 11.9. The molecular weight excluding hydrogens is 560 g/mol. The van der Waals surface area contributed by atoms with Crippen LogP contribution in [0.2, 0.25) is 0 Å². The number of rotatable bonds is 3. The number of benzene rings is 8. The van der Waals surface area contributed by atoms with Gasteiger partial charge in [-0.15, -0.1) is 0 Å². The molecule has 1 aromatic heterocycles. The van der Waals surface area contributed by atoms with Gasteiger partial charge in [-0.1, -0.05) is 121 Å². The van der Waals surface area contributed by atoms with E-state index in [4.69, 9.17) is 9.72 Å². The molecule has 46 heavy (non-hydrogen) atoms. The first kappa shape index (κ1) is 25.2. The number of hydrogen-bond donors (Lipinski definition) is 0. The van der Waals surface area contributed by atoms with Crippen LogP contribution in [0.15, 0.2) is 158 Å². The number of hydrogen-bond acceptors (Lipinski definition) is 2. The summed E-state index contributed by atoms with van der Waals surface area (Å²) in [5.41, 5.74) is 8.86. The standard InChI is InChI=1S/C43H26N2O/c1-2-12-28(13-3-1)40-32-15-6-7-16-33(32)41(30-22-21-27-11-4-5-14-29(27)25-30)35-26-31(23-24-34(35)40)43-44-36-17-10-20-39-42(36)45(43)37-18-8-9-19-38(37)46-39/h1-26H. The van der Waals surface area contributed by atoms with E-state index in [0.717, 1.165) is 39.6 Å². The SMILES string of the molecule is c1ccc(-c2c3ccccc3c(-c3ccc4ccccc4c3)c3cc(-c4nc5cccc6c5n4-c4ccccc4O6)ccc23)cc1. The van der Waals surface area contributed by atoms with Gasteiger partial charge in [0.2, 0.25) is 0 Å². The van der Waals surface area contributed by atoms with Crippen molar-refractivity contribution in [3.63, 3.8) is 0 Å². The molecule has 3 heteroatoms. The fourth-order valence-corrected chi connectivity index (χ4v) is 7.34. The molecule has 0 unspecified atom stereocenters. The van der Waals surface area contributed by atoms with Crippen LogP contribution in [-0.4, -0.2) is 9.55 Å². The number of fused-ring (bicyclic) bond motifs is 5. The molecule has 9 aromatic rings. The summed E-state index contributed by atoms with van der Waals surface area (Å²) in [6.07, 6.45) is 0. The molecule has 3 nitrogen and oxygen atoms in total. The van der Waals surface area contributed by atoms with Crippen LogP contribution in [0.4, 0.5) is 0 Å². The minimum absolute atomic E-state index is 0.824. The summed E-state index contributed by atoms with van der Waals surface area (Å²) in [5.74, 6) is 2.56. The third-order valence-electron chi connectivity index (χ3n) is 9.35. The predicted molar refractivity (Wildman–Crippen MR) is 190 cm³/mol. The molecular formula is C43H26N2O. The molecule has 0 fully saturated rings. The molecule has 2 heterocycles. The predicted octanol–water partition coefficient (Wildman–Crippen LogP) is 11.6. The quantitative estimate of drug-likeness (QED) is 0.193. The van der Waals surface area contributed by atoms with E-state index in [2.05, 4.69) is 138 Å². The fraction of sp³-hybridized carbons (Fsp3) is 0. The summed E-state index contributed by atoms with van der Waals surface area (Å²) in [5, 5.41) is 7.36. The van der Waals surface area contributed by atoms with Crippen LogP contribution in [0.3, 0.4) is 0 Å². The normalized spacial score (nSPS) is 12.1. The van der Waals surface area contributed by atoms with Gasteiger partial charge in [0.1, 0.15) is 11.3 Å². The first-order valence-electron chi connectivity index (χ1n) is 15.6. The molecule has 1 aliphatic heterocycles. The lowest BCUT2D eigenvalue weighted by atomic mass is 9.85. The minimum atomic E-state index is 0.824. The highest BCUT2D eigenvalue weighted by molar-refractivity contribution is 6.22. The van der Waals surface area contributed by atoms with Crippen molar-refractivity contribution in [1.82, 2.24) is 9.55 Å². The topological polar surface area (TPSA) is 27.1 Å². The molecule has 0 N–H and O–H groups in total. The lowest BCUT2D eigenvalue weighted by Gasteiger charge is -2.21. The van der Waals surface area contributed by atoms with Gasteiger partial charge in [-0.25, -0.2) is 4.98 Å².